The van der Waals surface area contributed by atoms with E-state index < -0.39 is 11.4 Å². The van der Waals surface area contributed by atoms with Gasteiger partial charge in [-0.1, -0.05) is 0 Å². The Hall–Kier alpha value is -1.58. The number of carbonyl (C=O) groups is 1. The lowest BCUT2D eigenvalue weighted by Crippen LogP contribution is -2.26. The zero-order chi connectivity index (χ0) is 12.2. The van der Waals surface area contributed by atoms with Crippen LogP contribution in [-0.2, 0) is 4.79 Å². The van der Waals surface area contributed by atoms with E-state index in [9.17, 15) is 9.18 Å². The van der Waals surface area contributed by atoms with Crippen LogP contribution in [0.1, 0.15) is 20.3 Å². The summed E-state index contributed by atoms with van der Waals surface area (Å²) < 4.78 is 12.6. The minimum atomic E-state index is -0.812. The van der Waals surface area contributed by atoms with Crippen LogP contribution >= 0.6 is 0 Å². The lowest BCUT2D eigenvalue weighted by molar-refractivity contribution is -0.147. The normalized spacial score (nSPS) is 11.2. The van der Waals surface area contributed by atoms with Crippen LogP contribution in [0.2, 0.25) is 0 Å². The molecule has 0 radical (unpaired) electrons. The van der Waals surface area contributed by atoms with Crippen LogP contribution in [0.5, 0.6) is 0 Å². The third-order valence-electron chi connectivity index (χ3n) is 2.50. The Bertz CT molecular complexity index is 360. The summed E-state index contributed by atoms with van der Waals surface area (Å²) in [6, 6.07) is 5.99. The molecule has 16 heavy (non-hydrogen) atoms. The first kappa shape index (κ1) is 12.5. The molecule has 0 bridgehead atoms. The molecule has 88 valence electrons. The van der Waals surface area contributed by atoms with E-state index in [-0.39, 0.29) is 5.82 Å². The summed E-state index contributed by atoms with van der Waals surface area (Å²) in [5.74, 6) is -1.09. The zero-order valence-corrected chi connectivity index (χ0v) is 9.46. The Balaban J connectivity index is 2.41. The quantitative estimate of drug-likeness (QED) is 0.810. The van der Waals surface area contributed by atoms with Crippen molar-refractivity contribution in [2.75, 3.05) is 11.9 Å². The van der Waals surface area contributed by atoms with Gasteiger partial charge in [-0.2, -0.15) is 0 Å². The average Bonchev–Trinajstić information content (AvgIpc) is 2.20. The molecule has 0 fully saturated rings. The zero-order valence-electron chi connectivity index (χ0n) is 9.46. The summed E-state index contributed by atoms with van der Waals surface area (Å²) in [6.45, 7) is 3.91. The highest BCUT2D eigenvalue weighted by atomic mass is 19.1. The lowest BCUT2D eigenvalue weighted by Gasteiger charge is -2.19. The third-order valence-corrected chi connectivity index (χ3v) is 2.50. The van der Waals surface area contributed by atoms with Gasteiger partial charge in [0.15, 0.2) is 0 Å². The molecule has 4 heteroatoms. The molecule has 0 spiro atoms. The molecule has 0 aliphatic heterocycles. The topological polar surface area (TPSA) is 49.3 Å². The van der Waals surface area contributed by atoms with Crippen molar-refractivity contribution in [1.29, 1.82) is 0 Å². The highest BCUT2D eigenvalue weighted by molar-refractivity contribution is 5.73. The lowest BCUT2D eigenvalue weighted by atomic mass is 9.90. The van der Waals surface area contributed by atoms with Crippen LogP contribution in [0.3, 0.4) is 0 Å². The molecule has 0 amide bonds. The molecule has 0 unspecified atom stereocenters. The number of hydrogen-bond acceptors (Lipinski definition) is 2. The van der Waals surface area contributed by atoms with Gasteiger partial charge >= 0.3 is 5.97 Å². The molecule has 0 heterocycles. The maximum atomic E-state index is 12.6. The molecule has 1 aromatic carbocycles. The Kier molecular flexibility index (Phi) is 3.88. The first-order valence-electron chi connectivity index (χ1n) is 5.15. The smallest absolute Gasteiger partial charge is 0.309 e. The molecule has 2 N–H and O–H groups in total. The van der Waals surface area contributed by atoms with Gasteiger partial charge in [0.2, 0.25) is 0 Å². The van der Waals surface area contributed by atoms with Crippen molar-refractivity contribution in [1.82, 2.24) is 0 Å². The molecule has 1 rings (SSSR count). The summed E-state index contributed by atoms with van der Waals surface area (Å²) in [4.78, 5) is 10.8. The Morgan fingerprint density at radius 3 is 2.44 bits per heavy atom. The van der Waals surface area contributed by atoms with Crippen LogP contribution in [0.4, 0.5) is 10.1 Å². The van der Waals surface area contributed by atoms with Crippen molar-refractivity contribution in [2.24, 2.45) is 5.41 Å². The second-order valence-corrected chi connectivity index (χ2v) is 4.37. The number of hydrogen-bond donors (Lipinski definition) is 2. The summed E-state index contributed by atoms with van der Waals surface area (Å²) >= 11 is 0. The largest absolute Gasteiger partial charge is 0.481 e. The fraction of sp³-hybridized carbons (Fsp3) is 0.417. The summed E-state index contributed by atoms with van der Waals surface area (Å²) in [5.41, 5.74) is 0.0510. The van der Waals surface area contributed by atoms with Gasteiger partial charge in [-0.15, -0.1) is 0 Å². The van der Waals surface area contributed by atoms with Gasteiger partial charge in [0, 0.05) is 12.2 Å². The van der Waals surface area contributed by atoms with Gasteiger partial charge in [0.1, 0.15) is 5.82 Å². The SMILES string of the molecule is CC(C)(CCNc1ccc(F)cc1)C(=O)O. The number of anilines is 1. The molecule has 1 aromatic rings. The number of aliphatic carboxylic acids is 1. The number of nitrogens with one attached hydrogen (secondary N) is 1. The van der Waals surface area contributed by atoms with Crippen LogP contribution in [0.15, 0.2) is 24.3 Å². The second kappa shape index (κ2) is 4.96. The minimum absolute atomic E-state index is 0.281. The molecule has 0 aliphatic rings. The summed E-state index contributed by atoms with van der Waals surface area (Å²) in [6.07, 6.45) is 0.514. The average molecular weight is 225 g/mol. The van der Waals surface area contributed by atoms with E-state index in [4.69, 9.17) is 5.11 Å². The van der Waals surface area contributed by atoms with Crippen LogP contribution in [0, 0.1) is 11.2 Å². The van der Waals surface area contributed by atoms with E-state index in [2.05, 4.69) is 5.32 Å². The van der Waals surface area contributed by atoms with Gasteiger partial charge in [-0.25, -0.2) is 4.39 Å². The number of halogens is 1. The van der Waals surface area contributed by atoms with Gasteiger partial charge < -0.3 is 10.4 Å². The van der Waals surface area contributed by atoms with E-state index in [1.165, 1.54) is 12.1 Å². The van der Waals surface area contributed by atoms with E-state index in [1.54, 1.807) is 26.0 Å². The number of rotatable bonds is 5. The number of benzene rings is 1. The van der Waals surface area contributed by atoms with Crippen LogP contribution < -0.4 is 5.32 Å². The number of carboxylic acids is 1. The highest BCUT2D eigenvalue weighted by Gasteiger charge is 2.26. The Morgan fingerprint density at radius 2 is 1.94 bits per heavy atom. The van der Waals surface area contributed by atoms with Crippen molar-refractivity contribution in [2.45, 2.75) is 20.3 Å². The van der Waals surface area contributed by atoms with Crippen molar-refractivity contribution < 1.29 is 14.3 Å². The monoisotopic (exact) mass is 225 g/mol. The number of carboxylic acid groups (broad SMARTS) is 1. The summed E-state index contributed by atoms with van der Waals surface area (Å²) in [5, 5.41) is 12.0. The van der Waals surface area contributed by atoms with E-state index in [0.29, 0.717) is 13.0 Å². The Labute approximate surface area is 94.3 Å². The molecule has 0 aliphatic carbocycles. The predicted molar refractivity (Wildman–Crippen MR) is 60.9 cm³/mol. The first-order valence-corrected chi connectivity index (χ1v) is 5.15. The highest BCUT2D eigenvalue weighted by Crippen LogP contribution is 2.20. The van der Waals surface area contributed by atoms with Crippen molar-refractivity contribution >= 4 is 11.7 Å². The summed E-state index contributed by atoms with van der Waals surface area (Å²) in [7, 11) is 0. The molecular formula is C12H16FNO2. The standard InChI is InChI=1S/C12H16FNO2/c1-12(2,11(15)16)7-8-14-10-5-3-9(13)4-6-10/h3-6,14H,7-8H2,1-2H3,(H,15,16). The predicted octanol–water partition coefficient (Wildman–Crippen LogP) is 2.74. The molecule has 0 atom stereocenters. The molecule has 0 saturated heterocycles. The van der Waals surface area contributed by atoms with Crippen LogP contribution in [0.25, 0.3) is 0 Å². The maximum Gasteiger partial charge on any atom is 0.309 e. The van der Waals surface area contributed by atoms with Crippen molar-refractivity contribution in [3.05, 3.63) is 30.1 Å². The van der Waals surface area contributed by atoms with Crippen LogP contribution in [-0.4, -0.2) is 17.6 Å². The van der Waals surface area contributed by atoms with Crippen molar-refractivity contribution in [3.8, 4) is 0 Å². The third kappa shape index (κ3) is 3.53. The molecule has 0 aromatic heterocycles. The molecule has 3 nitrogen and oxygen atoms in total. The fourth-order valence-electron chi connectivity index (χ4n) is 1.19. The van der Waals surface area contributed by atoms with E-state index in [0.717, 1.165) is 5.69 Å². The van der Waals surface area contributed by atoms with E-state index in [1.807, 2.05) is 0 Å². The van der Waals surface area contributed by atoms with Gasteiger partial charge in [-0.05, 0) is 44.5 Å². The van der Waals surface area contributed by atoms with Crippen molar-refractivity contribution in [3.63, 3.8) is 0 Å². The Morgan fingerprint density at radius 1 is 1.38 bits per heavy atom. The van der Waals surface area contributed by atoms with Gasteiger partial charge in [0.25, 0.3) is 0 Å². The fourth-order valence-corrected chi connectivity index (χ4v) is 1.19. The van der Waals surface area contributed by atoms with Gasteiger partial charge in [-0.3, -0.25) is 4.79 Å². The first-order chi connectivity index (χ1) is 7.42. The molecular weight excluding hydrogens is 209 g/mol. The second-order valence-electron chi connectivity index (χ2n) is 4.37. The van der Waals surface area contributed by atoms with E-state index >= 15 is 0 Å². The minimum Gasteiger partial charge on any atom is -0.481 e. The van der Waals surface area contributed by atoms with Gasteiger partial charge in [0.05, 0.1) is 5.41 Å². The maximum absolute atomic E-state index is 12.6. The molecule has 0 saturated carbocycles.